The van der Waals surface area contributed by atoms with E-state index < -0.39 is 0 Å². The average molecular weight is 237 g/mol. The Morgan fingerprint density at radius 3 is 2.71 bits per heavy atom. The smallest absolute Gasteiger partial charge is 0.219 e. The third-order valence-corrected chi connectivity index (χ3v) is 5.04. The van der Waals surface area contributed by atoms with E-state index in [-0.39, 0.29) is 11.5 Å². The van der Waals surface area contributed by atoms with Crippen LogP contribution in [0.4, 0.5) is 0 Å². The van der Waals surface area contributed by atoms with Crippen LogP contribution < -0.4 is 0 Å². The topological polar surface area (TPSA) is 32.8 Å². The number of likely N-dealkylation sites (tertiary alicyclic amines) is 1. The summed E-state index contributed by atoms with van der Waals surface area (Å²) < 4.78 is 5.75. The van der Waals surface area contributed by atoms with Crippen LogP contribution in [0.3, 0.4) is 0 Å². The molecule has 3 nitrogen and oxygen atoms in total. The van der Waals surface area contributed by atoms with Gasteiger partial charge in [-0.1, -0.05) is 25.7 Å². The van der Waals surface area contributed by atoms with Gasteiger partial charge in [0.25, 0.3) is 0 Å². The second-order valence-electron chi connectivity index (χ2n) is 6.15. The molecule has 0 aromatic carbocycles. The Kier molecular flexibility index (Phi) is 2.89. The molecule has 3 rings (SSSR count). The molecule has 3 fully saturated rings. The maximum atomic E-state index is 11.5. The van der Waals surface area contributed by atoms with Gasteiger partial charge < -0.3 is 9.64 Å². The highest BCUT2D eigenvalue weighted by atomic mass is 16.6. The lowest BCUT2D eigenvalue weighted by Crippen LogP contribution is -2.47. The number of nitrogens with zero attached hydrogens (tertiary/aromatic N) is 1. The Morgan fingerprint density at radius 1 is 1.41 bits per heavy atom. The molecule has 2 atom stereocenters. The van der Waals surface area contributed by atoms with E-state index in [4.69, 9.17) is 4.74 Å². The summed E-state index contributed by atoms with van der Waals surface area (Å²) in [6, 6.07) is 0. The van der Waals surface area contributed by atoms with Gasteiger partial charge in [-0.2, -0.15) is 0 Å². The van der Waals surface area contributed by atoms with Crippen LogP contribution in [-0.2, 0) is 9.53 Å². The van der Waals surface area contributed by atoms with Crippen molar-refractivity contribution >= 4 is 5.91 Å². The Bertz CT molecular complexity index is 305. The Morgan fingerprint density at radius 2 is 2.12 bits per heavy atom. The minimum absolute atomic E-state index is 0.175. The largest absolute Gasteiger partial charge is 0.369 e. The third kappa shape index (κ3) is 2.22. The molecule has 2 saturated heterocycles. The minimum atomic E-state index is 0.175. The maximum Gasteiger partial charge on any atom is 0.219 e. The highest BCUT2D eigenvalue weighted by Crippen LogP contribution is 2.46. The number of carbonyl (C=O) groups excluding carboxylic acids is 1. The molecule has 96 valence electrons. The summed E-state index contributed by atoms with van der Waals surface area (Å²) in [5, 5.41) is 0. The first kappa shape index (κ1) is 11.5. The summed E-state index contributed by atoms with van der Waals surface area (Å²) in [6.45, 7) is 4.47. The van der Waals surface area contributed by atoms with E-state index >= 15 is 0 Å². The molecule has 0 aromatic rings. The molecular formula is C14H23NO2. The van der Waals surface area contributed by atoms with Gasteiger partial charge in [0, 0.05) is 25.9 Å². The lowest BCUT2D eigenvalue weighted by atomic mass is 9.79. The molecule has 17 heavy (non-hydrogen) atoms. The second-order valence-corrected chi connectivity index (χ2v) is 6.15. The molecule has 0 radical (unpaired) electrons. The van der Waals surface area contributed by atoms with Gasteiger partial charge in [0.05, 0.1) is 12.2 Å². The van der Waals surface area contributed by atoms with Crippen LogP contribution in [0.15, 0.2) is 0 Å². The summed E-state index contributed by atoms with van der Waals surface area (Å²) in [4.78, 5) is 13.5. The van der Waals surface area contributed by atoms with E-state index in [2.05, 4.69) is 0 Å². The van der Waals surface area contributed by atoms with E-state index in [1.54, 1.807) is 6.92 Å². The summed E-state index contributed by atoms with van der Waals surface area (Å²) >= 11 is 0. The standard InChI is InChI=1S/C14H23NO2/c1-11(16)15-7-6-14(10-17-14)13(9-15)8-12-4-2-3-5-12/h12-13H,2-10H2,1H3. The van der Waals surface area contributed by atoms with Crippen molar-refractivity contribution < 1.29 is 9.53 Å². The van der Waals surface area contributed by atoms with Gasteiger partial charge in [0.15, 0.2) is 0 Å². The second kappa shape index (κ2) is 4.27. The van der Waals surface area contributed by atoms with Gasteiger partial charge in [-0.05, 0) is 18.8 Å². The van der Waals surface area contributed by atoms with E-state index in [9.17, 15) is 4.79 Å². The molecule has 1 saturated carbocycles. The first-order chi connectivity index (χ1) is 8.20. The summed E-state index contributed by atoms with van der Waals surface area (Å²) in [5.41, 5.74) is 0.175. The van der Waals surface area contributed by atoms with E-state index in [0.29, 0.717) is 5.92 Å². The normalized spacial score (nSPS) is 37.7. The molecule has 0 bridgehead atoms. The number of piperidine rings is 1. The van der Waals surface area contributed by atoms with E-state index in [0.717, 1.165) is 32.0 Å². The Balaban J connectivity index is 1.64. The zero-order valence-corrected chi connectivity index (χ0v) is 10.8. The van der Waals surface area contributed by atoms with Crippen molar-refractivity contribution in [2.45, 2.75) is 51.0 Å². The van der Waals surface area contributed by atoms with Crippen molar-refractivity contribution in [3.8, 4) is 0 Å². The van der Waals surface area contributed by atoms with Gasteiger partial charge in [0.2, 0.25) is 5.91 Å². The van der Waals surface area contributed by atoms with Crippen molar-refractivity contribution in [1.29, 1.82) is 0 Å². The molecule has 1 amide bonds. The highest BCUT2D eigenvalue weighted by Gasteiger charge is 2.54. The van der Waals surface area contributed by atoms with Crippen molar-refractivity contribution in [3.05, 3.63) is 0 Å². The van der Waals surface area contributed by atoms with Crippen LogP contribution in [-0.4, -0.2) is 36.1 Å². The van der Waals surface area contributed by atoms with Crippen molar-refractivity contribution in [1.82, 2.24) is 4.90 Å². The predicted octanol–water partition coefficient (Wildman–Crippen LogP) is 2.20. The molecule has 2 unspecified atom stereocenters. The molecule has 0 aromatic heterocycles. The summed E-state index contributed by atoms with van der Waals surface area (Å²) in [7, 11) is 0. The van der Waals surface area contributed by atoms with E-state index in [1.807, 2.05) is 4.90 Å². The quantitative estimate of drug-likeness (QED) is 0.690. The number of carbonyl (C=O) groups is 1. The summed E-state index contributed by atoms with van der Waals surface area (Å²) in [6.07, 6.45) is 7.94. The van der Waals surface area contributed by atoms with Crippen molar-refractivity contribution in [2.24, 2.45) is 11.8 Å². The number of hydrogen-bond acceptors (Lipinski definition) is 2. The molecule has 1 aliphatic carbocycles. The zero-order valence-electron chi connectivity index (χ0n) is 10.8. The lowest BCUT2D eigenvalue weighted by Gasteiger charge is -2.37. The molecule has 3 heteroatoms. The number of amides is 1. The Labute approximate surface area is 104 Å². The number of ether oxygens (including phenoxy) is 1. The fraction of sp³-hybridized carbons (Fsp3) is 0.929. The van der Waals surface area contributed by atoms with Crippen LogP contribution in [0.2, 0.25) is 0 Å². The molecule has 1 spiro atoms. The number of epoxide rings is 1. The van der Waals surface area contributed by atoms with Gasteiger partial charge in [-0.25, -0.2) is 0 Å². The molecule has 2 aliphatic heterocycles. The van der Waals surface area contributed by atoms with E-state index in [1.165, 1.54) is 32.1 Å². The van der Waals surface area contributed by atoms with Crippen LogP contribution in [0.1, 0.15) is 45.4 Å². The predicted molar refractivity (Wildman–Crippen MR) is 65.6 cm³/mol. The van der Waals surface area contributed by atoms with Crippen molar-refractivity contribution in [3.63, 3.8) is 0 Å². The van der Waals surface area contributed by atoms with Gasteiger partial charge in [-0.15, -0.1) is 0 Å². The monoisotopic (exact) mass is 237 g/mol. The number of rotatable bonds is 2. The minimum Gasteiger partial charge on any atom is -0.369 e. The van der Waals surface area contributed by atoms with Crippen LogP contribution >= 0.6 is 0 Å². The zero-order chi connectivity index (χ0) is 11.9. The first-order valence-electron chi connectivity index (χ1n) is 7.09. The fourth-order valence-corrected chi connectivity index (χ4v) is 3.75. The lowest BCUT2D eigenvalue weighted by molar-refractivity contribution is -0.131. The third-order valence-electron chi connectivity index (χ3n) is 5.04. The molecule has 2 heterocycles. The first-order valence-corrected chi connectivity index (χ1v) is 7.09. The summed E-state index contributed by atoms with van der Waals surface area (Å²) in [5.74, 6) is 1.73. The maximum absolute atomic E-state index is 11.5. The van der Waals surface area contributed by atoms with Crippen LogP contribution in [0.5, 0.6) is 0 Å². The van der Waals surface area contributed by atoms with Gasteiger partial charge in [-0.3, -0.25) is 4.79 Å². The molecular weight excluding hydrogens is 214 g/mol. The Hall–Kier alpha value is -0.570. The highest BCUT2D eigenvalue weighted by molar-refractivity contribution is 5.73. The fourth-order valence-electron chi connectivity index (χ4n) is 3.75. The van der Waals surface area contributed by atoms with Gasteiger partial charge in [0.1, 0.15) is 0 Å². The van der Waals surface area contributed by atoms with Crippen molar-refractivity contribution in [2.75, 3.05) is 19.7 Å². The SMILES string of the molecule is CC(=O)N1CCC2(CO2)C(CC2CCCC2)C1. The molecule has 0 N–H and O–H groups in total. The van der Waals surface area contributed by atoms with Gasteiger partial charge >= 0.3 is 0 Å². The average Bonchev–Trinajstić information content (AvgIpc) is 2.89. The molecule has 3 aliphatic rings. The van der Waals surface area contributed by atoms with Crippen LogP contribution in [0.25, 0.3) is 0 Å². The number of hydrogen-bond donors (Lipinski definition) is 0. The van der Waals surface area contributed by atoms with Crippen LogP contribution in [0, 0.1) is 11.8 Å².